The fraction of sp³-hybridized carbons (Fsp3) is 0.188. The van der Waals surface area contributed by atoms with Crippen LogP contribution in [0.3, 0.4) is 0 Å². The van der Waals surface area contributed by atoms with Gasteiger partial charge in [-0.1, -0.05) is 17.7 Å². The second-order valence-corrected chi connectivity index (χ2v) is 5.43. The highest BCUT2D eigenvalue weighted by Crippen LogP contribution is 2.31. The zero-order valence-corrected chi connectivity index (χ0v) is 13.3. The third kappa shape index (κ3) is 4.16. The van der Waals surface area contributed by atoms with Gasteiger partial charge in [0.05, 0.1) is 17.0 Å². The third-order valence-electron chi connectivity index (χ3n) is 3.25. The van der Waals surface area contributed by atoms with Gasteiger partial charge in [0.2, 0.25) is 0 Å². The van der Waals surface area contributed by atoms with E-state index in [1.165, 1.54) is 11.1 Å². The van der Waals surface area contributed by atoms with Gasteiger partial charge in [0.1, 0.15) is 0 Å². The molecule has 0 unspecified atom stereocenters. The van der Waals surface area contributed by atoms with Crippen LogP contribution in [-0.2, 0) is 6.18 Å². The topological polar surface area (TPSA) is 41.6 Å². The molecule has 3 nitrogen and oxygen atoms in total. The fourth-order valence-electron chi connectivity index (χ4n) is 2.06. The van der Waals surface area contributed by atoms with E-state index in [-0.39, 0.29) is 0 Å². The Balaban J connectivity index is 2.34. The van der Waals surface area contributed by atoms with E-state index in [2.05, 4.69) is 5.10 Å². The molecule has 0 aliphatic carbocycles. The SMILES string of the molecule is C/C(=N\N(C)c1cccc(C(F)(F)F)c1)c1cc(Cl)ccc1N. The van der Waals surface area contributed by atoms with Crippen LogP contribution in [0.5, 0.6) is 0 Å². The van der Waals surface area contributed by atoms with E-state index in [1.54, 1.807) is 38.2 Å². The second kappa shape index (κ2) is 6.50. The van der Waals surface area contributed by atoms with E-state index in [1.807, 2.05) is 0 Å². The molecule has 0 amide bonds. The first-order valence-electron chi connectivity index (χ1n) is 6.70. The highest BCUT2D eigenvalue weighted by molar-refractivity contribution is 6.31. The average molecular weight is 342 g/mol. The van der Waals surface area contributed by atoms with Crippen LogP contribution in [-0.4, -0.2) is 12.8 Å². The molecule has 0 atom stereocenters. The molecule has 2 aromatic rings. The maximum atomic E-state index is 12.8. The smallest absolute Gasteiger partial charge is 0.398 e. The summed E-state index contributed by atoms with van der Waals surface area (Å²) in [6, 6.07) is 9.92. The van der Waals surface area contributed by atoms with Gasteiger partial charge in [-0.15, -0.1) is 0 Å². The lowest BCUT2D eigenvalue weighted by Crippen LogP contribution is -2.14. The van der Waals surface area contributed by atoms with Crippen LogP contribution >= 0.6 is 11.6 Å². The Hall–Kier alpha value is -2.21. The molecule has 7 heteroatoms. The zero-order valence-electron chi connectivity index (χ0n) is 12.5. The van der Waals surface area contributed by atoms with Crippen LogP contribution in [0, 0.1) is 0 Å². The molecule has 0 heterocycles. The van der Waals surface area contributed by atoms with Crippen molar-refractivity contribution in [1.29, 1.82) is 0 Å². The van der Waals surface area contributed by atoms with E-state index in [0.717, 1.165) is 12.1 Å². The summed E-state index contributed by atoms with van der Waals surface area (Å²) in [6.45, 7) is 1.71. The number of hydrogen-bond donors (Lipinski definition) is 1. The standard InChI is InChI=1S/C16H15ClF3N3/c1-10(14-9-12(17)6-7-15(14)21)22-23(2)13-5-3-4-11(8-13)16(18,19)20/h3-9H,21H2,1-2H3/b22-10+. The number of nitrogens with two attached hydrogens (primary N) is 1. The van der Waals surface area contributed by atoms with E-state index in [9.17, 15) is 13.2 Å². The minimum atomic E-state index is -4.40. The normalized spacial score (nSPS) is 12.3. The Morgan fingerprint density at radius 1 is 1.17 bits per heavy atom. The summed E-state index contributed by atoms with van der Waals surface area (Å²) in [7, 11) is 1.57. The first-order chi connectivity index (χ1) is 10.7. The van der Waals surface area contributed by atoms with Gasteiger partial charge in [-0.25, -0.2) is 0 Å². The number of benzene rings is 2. The quantitative estimate of drug-likeness (QED) is 0.495. The molecule has 122 valence electrons. The zero-order chi connectivity index (χ0) is 17.2. The van der Waals surface area contributed by atoms with Gasteiger partial charge in [-0.3, -0.25) is 5.01 Å². The van der Waals surface area contributed by atoms with Gasteiger partial charge < -0.3 is 5.73 Å². The number of nitrogens with zero attached hydrogens (tertiary/aromatic N) is 2. The highest BCUT2D eigenvalue weighted by atomic mass is 35.5. The molecule has 0 saturated carbocycles. The molecule has 23 heavy (non-hydrogen) atoms. The van der Waals surface area contributed by atoms with E-state index in [4.69, 9.17) is 17.3 Å². The van der Waals surface area contributed by atoms with Crippen molar-refractivity contribution in [2.24, 2.45) is 5.10 Å². The minimum Gasteiger partial charge on any atom is -0.398 e. The van der Waals surface area contributed by atoms with Crippen molar-refractivity contribution in [3.05, 3.63) is 58.6 Å². The van der Waals surface area contributed by atoms with Crippen molar-refractivity contribution in [2.45, 2.75) is 13.1 Å². The average Bonchev–Trinajstić information content (AvgIpc) is 2.48. The van der Waals surface area contributed by atoms with Gasteiger partial charge in [-0.2, -0.15) is 18.3 Å². The number of alkyl halides is 3. The largest absolute Gasteiger partial charge is 0.416 e. The Kier molecular flexibility index (Phi) is 4.85. The Bertz CT molecular complexity index is 742. The Morgan fingerprint density at radius 2 is 1.87 bits per heavy atom. The minimum absolute atomic E-state index is 0.319. The lowest BCUT2D eigenvalue weighted by Gasteiger charge is -2.17. The van der Waals surface area contributed by atoms with Crippen LogP contribution < -0.4 is 10.7 Å². The molecule has 0 fully saturated rings. The van der Waals surface area contributed by atoms with Gasteiger partial charge in [0, 0.05) is 23.3 Å². The highest BCUT2D eigenvalue weighted by Gasteiger charge is 2.30. The molecule has 0 aliphatic heterocycles. The molecule has 0 aliphatic rings. The molecule has 2 aromatic carbocycles. The van der Waals surface area contributed by atoms with Gasteiger partial charge in [0.25, 0.3) is 0 Å². The van der Waals surface area contributed by atoms with Crippen LogP contribution in [0.1, 0.15) is 18.1 Å². The van der Waals surface area contributed by atoms with Crippen molar-refractivity contribution >= 4 is 28.7 Å². The summed E-state index contributed by atoms with van der Waals surface area (Å²) in [5, 5.41) is 6.16. The summed E-state index contributed by atoms with van der Waals surface area (Å²) in [4.78, 5) is 0. The number of anilines is 2. The predicted molar refractivity (Wildman–Crippen MR) is 87.9 cm³/mol. The molecule has 0 saturated heterocycles. The summed E-state index contributed by atoms with van der Waals surface area (Å²) >= 11 is 5.94. The fourth-order valence-corrected chi connectivity index (χ4v) is 2.23. The number of rotatable bonds is 3. The van der Waals surface area contributed by atoms with Crippen molar-refractivity contribution in [3.8, 4) is 0 Å². The van der Waals surface area contributed by atoms with Gasteiger partial charge in [-0.05, 0) is 43.3 Å². The number of hydrogen-bond acceptors (Lipinski definition) is 3. The number of halogens is 4. The van der Waals surface area contributed by atoms with Crippen LogP contribution in [0.25, 0.3) is 0 Å². The van der Waals surface area contributed by atoms with Crippen molar-refractivity contribution in [3.63, 3.8) is 0 Å². The monoisotopic (exact) mass is 341 g/mol. The summed E-state index contributed by atoms with van der Waals surface area (Å²) in [5.74, 6) is 0. The third-order valence-corrected chi connectivity index (χ3v) is 3.49. The van der Waals surface area contributed by atoms with Crippen molar-refractivity contribution < 1.29 is 13.2 Å². The molecular weight excluding hydrogens is 327 g/mol. The number of nitrogen functional groups attached to an aromatic ring is 1. The van der Waals surface area contributed by atoms with Crippen LogP contribution in [0.2, 0.25) is 5.02 Å². The van der Waals surface area contributed by atoms with E-state index < -0.39 is 11.7 Å². The van der Waals surface area contributed by atoms with Crippen LogP contribution in [0.15, 0.2) is 47.6 Å². The molecule has 0 bridgehead atoms. The Morgan fingerprint density at radius 3 is 2.52 bits per heavy atom. The van der Waals surface area contributed by atoms with Gasteiger partial charge >= 0.3 is 6.18 Å². The van der Waals surface area contributed by atoms with E-state index in [0.29, 0.717) is 27.7 Å². The van der Waals surface area contributed by atoms with E-state index >= 15 is 0 Å². The summed E-state index contributed by atoms with van der Waals surface area (Å²) < 4.78 is 38.3. The molecular formula is C16H15ClF3N3. The first-order valence-corrected chi connectivity index (χ1v) is 7.08. The predicted octanol–water partition coefficient (Wildman–Crippen LogP) is 4.80. The lowest BCUT2D eigenvalue weighted by atomic mass is 10.1. The first kappa shape index (κ1) is 17.1. The Labute approximate surface area is 137 Å². The maximum absolute atomic E-state index is 12.8. The number of hydrazone groups is 1. The maximum Gasteiger partial charge on any atom is 0.416 e. The van der Waals surface area contributed by atoms with Gasteiger partial charge in [0.15, 0.2) is 0 Å². The molecule has 0 spiro atoms. The second-order valence-electron chi connectivity index (χ2n) is 4.99. The molecule has 2 N–H and O–H groups in total. The summed E-state index contributed by atoms with van der Waals surface area (Å²) in [5.41, 5.74) is 7.15. The molecule has 0 radical (unpaired) electrons. The lowest BCUT2D eigenvalue weighted by molar-refractivity contribution is -0.137. The summed E-state index contributed by atoms with van der Waals surface area (Å²) in [6.07, 6.45) is -4.40. The molecule has 2 rings (SSSR count). The van der Waals surface area contributed by atoms with Crippen molar-refractivity contribution in [2.75, 3.05) is 17.8 Å². The molecule has 0 aromatic heterocycles. The van der Waals surface area contributed by atoms with Crippen molar-refractivity contribution in [1.82, 2.24) is 0 Å². The van der Waals surface area contributed by atoms with Crippen LogP contribution in [0.4, 0.5) is 24.5 Å².